The third-order valence-corrected chi connectivity index (χ3v) is 2.27. The number of nitrogens with zero attached hydrogens (tertiary/aromatic N) is 2. The zero-order valence-corrected chi connectivity index (χ0v) is 10.6. The molecule has 1 aromatic carbocycles. The van der Waals surface area contributed by atoms with Gasteiger partial charge in [0.05, 0.1) is 5.69 Å². The Morgan fingerprint density at radius 3 is 2.11 bits per heavy atom. The van der Waals surface area contributed by atoms with Crippen molar-refractivity contribution in [2.24, 2.45) is 27.2 Å². The van der Waals surface area contributed by atoms with Gasteiger partial charge in [-0.1, -0.05) is 11.8 Å². The molecule has 18 heavy (non-hydrogen) atoms. The maximum Gasteiger partial charge on any atom is 0.288 e. The first-order valence-corrected chi connectivity index (χ1v) is 5.34. The van der Waals surface area contributed by atoms with Gasteiger partial charge in [-0.05, 0) is 24.3 Å². The fraction of sp³-hybridized carbons (Fsp3) is 0.111. The molecule has 0 aliphatic heterocycles. The first-order valence-electron chi connectivity index (χ1n) is 4.46. The molecule has 0 aliphatic carbocycles. The van der Waals surface area contributed by atoms with Gasteiger partial charge in [-0.15, -0.1) is 0 Å². The lowest BCUT2D eigenvalue weighted by Gasteiger charge is -2.00. The van der Waals surface area contributed by atoms with Crippen LogP contribution in [0.4, 0.5) is 14.5 Å². The van der Waals surface area contributed by atoms with Crippen LogP contribution < -0.4 is 29.6 Å². The Morgan fingerprint density at radius 2 is 1.67 bits per heavy atom. The number of guanidine groups is 2. The van der Waals surface area contributed by atoms with Gasteiger partial charge in [0.2, 0.25) is 5.96 Å². The number of rotatable bonds is 3. The molecule has 1 aromatic rings. The summed E-state index contributed by atoms with van der Waals surface area (Å²) in [5.74, 6) is -2.74. The first kappa shape index (κ1) is 16.5. The van der Waals surface area contributed by atoms with Crippen LogP contribution in [0.1, 0.15) is 0 Å². The molecule has 1 rings (SSSR count). The van der Waals surface area contributed by atoms with Crippen LogP contribution in [0.25, 0.3) is 0 Å². The lowest BCUT2D eigenvalue weighted by molar-refractivity contribution is -0.00000619. The Balaban J connectivity index is 0.00000289. The van der Waals surface area contributed by atoms with Crippen LogP contribution >= 0.6 is 11.8 Å². The van der Waals surface area contributed by atoms with E-state index >= 15 is 0 Å². The van der Waals surface area contributed by atoms with Crippen LogP contribution in [0.2, 0.25) is 0 Å². The molecule has 0 bridgehead atoms. The van der Waals surface area contributed by atoms with Crippen LogP contribution in [0.3, 0.4) is 0 Å². The number of nitrogens with two attached hydrogens (primary N) is 3. The highest BCUT2D eigenvalue weighted by Crippen LogP contribution is 2.26. The summed E-state index contributed by atoms with van der Waals surface area (Å²) in [4.78, 5) is 7.83. The van der Waals surface area contributed by atoms with E-state index < -0.39 is 5.76 Å². The number of hydrogen-bond acceptors (Lipinski definition) is 2. The fourth-order valence-electron chi connectivity index (χ4n) is 0.992. The van der Waals surface area contributed by atoms with Crippen molar-refractivity contribution >= 4 is 29.4 Å². The van der Waals surface area contributed by atoms with Gasteiger partial charge in [-0.3, -0.25) is 0 Å². The second kappa shape index (κ2) is 7.72. The Morgan fingerprint density at radius 1 is 1.11 bits per heavy atom. The van der Waals surface area contributed by atoms with E-state index in [9.17, 15) is 8.78 Å². The minimum Gasteiger partial charge on any atom is -1.00 e. The molecule has 0 unspecified atom stereocenters. The van der Waals surface area contributed by atoms with E-state index in [1.807, 2.05) is 0 Å². The van der Waals surface area contributed by atoms with Gasteiger partial charge in [0.15, 0.2) is 5.96 Å². The van der Waals surface area contributed by atoms with Crippen molar-refractivity contribution in [1.29, 1.82) is 0 Å². The second-order valence-corrected chi connectivity index (χ2v) is 3.94. The van der Waals surface area contributed by atoms with Crippen molar-refractivity contribution in [3.05, 3.63) is 24.3 Å². The molecule has 0 heterocycles. The third-order valence-electron chi connectivity index (χ3n) is 1.55. The van der Waals surface area contributed by atoms with Crippen LogP contribution in [0.15, 0.2) is 39.1 Å². The highest BCUT2D eigenvalue weighted by molar-refractivity contribution is 7.99. The van der Waals surface area contributed by atoms with Crippen LogP contribution in [0.5, 0.6) is 0 Å². The summed E-state index contributed by atoms with van der Waals surface area (Å²) in [5, 5.41) is 0. The average molecular weight is 295 g/mol. The molecule has 0 fully saturated rings. The molecular weight excluding hydrogens is 284 g/mol. The smallest absolute Gasteiger partial charge is 0.288 e. The zero-order valence-electron chi connectivity index (χ0n) is 9.06. The van der Waals surface area contributed by atoms with E-state index in [0.717, 1.165) is 0 Å². The van der Waals surface area contributed by atoms with Gasteiger partial charge < -0.3 is 29.6 Å². The molecule has 5 nitrogen and oxygen atoms in total. The normalized spacial score (nSPS) is 10.9. The predicted octanol–water partition coefficient (Wildman–Crippen LogP) is -1.78. The summed E-state index contributed by atoms with van der Waals surface area (Å²) in [6.07, 6.45) is 0. The van der Waals surface area contributed by atoms with Gasteiger partial charge in [0.25, 0.3) is 5.76 Å². The summed E-state index contributed by atoms with van der Waals surface area (Å²) in [6.45, 7) is 0. The minimum absolute atomic E-state index is 0. The Kier molecular flexibility index (Phi) is 7.06. The number of alkyl halides is 2. The Labute approximate surface area is 113 Å². The summed E-state index contributed by atoms with van der Waals surface area (Å²) in [7, 11) is 0. The molecule has 0 saturated heterocycles. The standard InChI is InChI=1S/C9H11F2N5S.ClH/c10-7(11)17-6-3-1-5(2-4-6)15-9(14)16-8(12)13;/h1-4,7H,(H6,12,13,14,15,16);1H/p-1. The van der Waals surface area contributed by atoms with Gasteiger partial charge >= 0.3 is 0 Å². The number of hydrogen-bond donors (Lipinski definition) is 3. The van der Waals surface area contributed by atoms with Crippen molar-refractivity contribution in [3.8, 4) is 0 Å². The van der Waals surface area contributed by atoms with E-state index in [-0.39, 0.29) is 24.3 Å². The van der Waals surface area contributed by atoms with E-state index in [4.69, 9.17) is 17.2 Å². The van der Waals surface area contributed by atoms with Crippen molar-refractivity contribution in [3.63, 3.8) is 0 Å². The van der Waals surface area contributed by atoms with Crippen LogP contribution in [-0.4, -0.2) is 17.7 Å². The van der Waals surface area contributed by atoms with Crippen molar-refractivity contribution in [1.82, 2.24) is 0 Å². The molecule has 0 radical (unpaired) electrons. The zero-order chi connectivity index (χ0) is 12.8. The molecule has 100 valence electrons. The molecule has 6 N–H and O–H groups in total. The van der Waals surface area contributed by atoms with Crippen LogP contribution in [0, 0.1) is 0 Å². The Hall–Kier alpha value is -1.54. The molecule has 0 amide bonds. The molecule has 0 aliphatic rings. The van der Waals surface area contributed by atoms with E-state index in [2.05, 4.69) is 9.98 Å². The lowest BCUT2D eigenvalue weighted by atomic mass is 10.3. The van der Waals surface area contributed by atoms with Crippen molar-refractivity contribution in [2.45, 2.75) is 10.7 Å². The SMILES string of the molecule is NC(N)=NC(N)=Nc1ccc(SC(F)F)cc1.[Cl-]. The molecule has 9 heteroatoms. The monoisotopic (exact) mass is 294 g/mol. The highest BCUT2D eigenvalue weighted by Gasteiger charge is 2.04. The molecule has 0 spiro atoms. The van der Waals surface area contributed by atoms with Crippen molar-refractivity contribution < 1.29 is 21.2 Å². The summed E-state index contributed by atoms with van der Waals surface area (Å²) in [5.41, 5.74) is 16.1. The maximum atomic E-state index is 12.0. The number of halogens is 3. The summed E-state index contributed by atoms with van der Waals surface area (Å²) in [6, 6.07) is 6.11. The van der Waals surface area contributed by atoms with E-state index in [1.54, 1.807) is 12.1 Å². The summed E-state index contributed by atoms with van der Waals surface area (Å²) < 4.78 is 24.1. The quantitative estimate of drug-likeness (QED) is 0.348. The highest BCUT2D eigenvalue weighted by atomic mass is 35.5. The van der Waals surface area contributed by atoms with Crippen molar-refractivity contribution in [2.75, 3.05) is 0 Å². The maximum absolute atomic E-state index is 12.0. The third kappa shape index (κ3) is 6.26. The second-order valence-electron chi connectivity index (χ2n) is 2.88. The number of aliphatic imine (C=N–C) groups is 2. The molecule has 0 atom stereocenters. The molecule has 0 saturated carbocycles. The number of thioether (sulfide) groups is 1. The fourth-order valence-corrected chi connectivity index (χ4v) is 1.49. The molecular formula is C9H11ClF2N5S-. The van der Waals surface area contributed by atoms with E-state index in [1.165, 1.54) is 12.1 Å². The van der Waals surface area contributed by atoms with Gasteiger partial charge in [-0.2, -0.15) is 13.8 Å². The van der Waals surface area contributed by atoms with Gasteiger partial charge in [0, 0.05) is 4.90 Å². The first-order chi connectivity index (χ1) is 7.97. The topological polar surface area (TPSA) is 103 Å². The largest absolute Gasteiger partial charge is 1.00 e. The lowest BCUT2D eigenvalue weighted by Crippen LogP contribution is -3.00. The average Bonchev–Trinajstić information content (AvgIpc) is 2.18. The van der Waals surface area contributed by atoms with Crippen LogP contribution in [-0.2, 0) is 0 Å². The predicted molar refractivity (Wildman–Crippen MR) is 65.4 cm³/mol. The van der Waals surface area contributed by atoms with Gasteiger partial charge in [-0.25, -0.2) is 4.99 Å². The molecule has 0 aromatic heterocycles. The minimum atomic E-state index is -2.45. The van der Waals surface area contributed by atoms with E-state index in [0.29, 0.717) is 22.3 Å². The summed E-state index contributed by atoms with van der Waals surface area (Å²) >= 11 is 0.456. The Bertz CT molecular complexity index is 431. The van der Waals surface area contributed by atoms with Gasteiger partial charge in [0.1, 0.15) is 0 Å². The number of benzene rings is 1.